The van der Waals surface area contributed by atoms with Crippen LogP contribution in [0.4, 0.5) is 0 Å². The number of benzene rings is 3. The van der Waals surface area contributed by atoms with Crippen LogP contribution in [-0.2, 0) is 0 Å². The van der Waals surface area contributed by atoms with E-state index in [0.29, 0.717) is 11.3 Å². The molecule has 0 amide bonds. The zero-order valence-electron chi connectivity index (χ0n) is 13.1. The lowest BCUT2D eigenvalue weighted by molar-refractivity contribution is 0.126. The quantitative estimate of drug-likeness (QED) is 0.685. The lowest BCUT2D eigenvalue weighted by Crippen LogP contribution is -2.20. The van der Waals surface area contributed by atoms with Crippen LogP contribution in [0.3, 0.4) is 0 Å². The van der Waals surface area contributed by atoms with Crippen LogP contribution in [0.2, 0.25) is 0 Å². The maximum Gasteiger partial charge on any atom is 0.120 e. The summed E-state index contributed by atoms with van der Waals surface area (Å²) in [5.41, 5.74) is 0.627. The van der Waals surface area contributed by atoms with Crippen LogP contribution >= 0.6 is 11.8 Å². The summed E-state index contributed by atoms with van der Waals surface area (Å²) in [6.45, 7) is 0.239. The van der Waals surface area contributed by atoms with Gasteiger partial charge in [-0.05, 0) is 41.1 Å². The third kappa shape index (κ3) is 4.29. The Balaban J connectivity index is 1.52. The van der Waals surface area contributed by atoms with Crippen molar-refractivity contribution in [2.24, 2.45) is 0 Å². The fourth-order valence-corrected chi connectivity index (χ4v) is 3.21. The first-order valence-corrected chi connectivity index (χ1v) is 8.66. The molecule has 3 nitrogen and oxygen atoms in total. The Kier molecular flexibility index (Phi) is 5.37. The summed E-state index contributed by atoms with van der Waals surface area (Å²) < 4.78 is 5.69. The Morgan fingerprint density at radius 2 is 1.83 bits per heavy atom. The zero-order valence-corrected chi connectivity index (χ0v) is 13.9. The number of nitriles is 1. The van der Waals surface area contributed by atoms with Crippen molar-refractivity contribution in [1.82, 2.24) is 0 Å². The number of aliphatic hydroxyl groups is 1. The van der Waals surface area contributed by atoms with Gasteiger partial charge in [-0.3, -0.25) is 0 Å². The number of aliphatic hydroxyl groups excluding tert-OH is 1. The standard InChI is InChI=1S/C20H17NO2S/c21-12-15-4-3-7-20(10-15)24-14-18(22)13-23-19-9-8-16-5-1-2-6-17(16)11-19/h1-11,18,22H,13-14H2. The molecule has 1 atom stereocenters. The fourth-order valence-electron chi connectivity index (χ4n) is 2.35. The van der Waals surface area contributed by atoms with Gasteiger partial charge in [-0.15, -0.1) is 11.8 Å². The Morgan fingerprint density at radius 1 is 1.00 bits per heavy atom. The first-order chi connectivity index (χ1) is 11.7. The van der Waals surface area contributed by atoms with Gasteiger partial charge >= 0.3 is 0 Å². The van der Waals surface area contributed by atoms with Gasteiger partial charge in [0.05, 0.1) is 17.7 Å². The lowest BCUT2D eigenvalue weighted by Gasteiger charge is -2.12. The third-order valence-electron chi connectivity index (χ3n) is 3.57. The number of thioether (sulfide) groups is 1. The number of hydrogen-bond acceptors (Lipinski definition) is 4. The molecule has 0 saturated heterocycles. The maximum absolute atomic E-state index is 10.1. The highest BCUT2D eigenvalue weighted by molar-refractivity contribution is 7.99. The van der Waals surface area contributed by atoms with E-state index >= 15 is 0 Å². The van der Waals surface area contributed by atoms with Crippen LogP contribution in [0.15, 0.2) is 71.6 Å². The Labute approximate surface area is 145 Å². The Bertz CT molecular complexity index is 873. The SMILES string of the molecule is N#Cc1cccc(SCC(O)COc2ccc3ccccc3c2)c1. The predicted molar refractivity (Wildman–Crippen MR) is 97.3 cm³/mol. The van der Waals surface area contributed by atoms with E-state index in [1.807, 2.05) is 54.6 Å². The summed E-state index contributed by atoms with van der Waals surface area (Å²) in [5.74, 6) is 1.27. The second kappa shape index (κ2) is 7.87. The van der Waals surface area contributed by atoms with Gasteiger partial charge in [0.1, 0.15) is 12.4 Å². The van der Waals surface area contributed by atoms with Crippen molar-refractivity contribution in [1.29, 1.82) is 5.26 Å². The first kappa shape index (κ1) is 16.4. The third-order valence-corrected chi connectivity index (χ3v) is 4.71. The minimum Gasteiger partial charge on any atom is -0.491 e. The van der Waals surface area contributed by atoms with Crippen LogP contribution in [0, 0.1) is 11.3 Å². The maximum atomic E-state index is 10.1. The fraction of sp³-hybridized carbons (Fsp3) is 0.150. The molecule has 0 aliphatic rings. The largest absolute Gasteiger partial charge is 0.491 e. The molecule has 0 aliphatic heterocycles. The molecule has 1 N–H and O–H groups in total. The van der Waals surface area contributed by atoms with Crippen molar-refractivity contribution in [2.45, 2.75) is 11.0 Å². The minimum atomic E-state index is -0.577. The smallest absolute Gasteiger partial charge is 0.120 e. The van der Waals surface area contributed by atoms with Gasteiger partial charge in [-0.2, -0.15) is 5.26 Å². The van der Waals surface area contributed by atoms with E-state index in [2.05, 4.69) is 12.1 Å². The van der Waals surface area contributed by atoms with Crippen molar-refractivity contribution in [3.05, 3.63) is 72.3 Å². The van der Waals surface area contributed by atoms with E-state index < -0.39 is 6.10 Å². The Hall–Kier alpha value is -2.48. The summed E-state index contributed by atoms with van der Waals surface area (Å²) in [5, 5.41) is 21.3. The van der Waals surface area contributed by atoms with Crippen LogP contribution in [0.1, 0.15) is 5.56 Å². The number of fused-ring (bicyclic) bond motifs is 1. The highest BCUT2D eigenvalue weighted by Crippen LogP contribution is 2.22. The van der Waals surface area contributed by atoms with Gasteiger partial charge in [0.2, 0.25) is 0 Å². The molecular weight excluding hydrogens is 318 g/mol. The molecule has 4 heteroatoms. The second-order valence-electron chi connectivity index (χ2n) is 5.42. The first-order valence-electron chi connectivity index (χ1n) is 7.67. The molecular formula is C20H17NO2S. The minimum absolute atomic E-state index is 0.239. The number of rotatable bonds is 6. The second-order valence-corrected chi connectivity index (χ2v) is 6.52. The molecule has 0 spiro atoms. The molecule has 0 bridgehead atoms. The topological polar surface area (TPSA) is 53.2 Å². The van der Waals surface area contributed by atoms with E-state index in [-0.39, 0.29) is 6.61 Å². The van der Waals surface area contributed by atoms with Gasteiger partial charge in [0, 0.05) is 10.6 Å². The van der Waals surface area contributed by atoms with Crippen LogP contribution in [0.5, 0.6) is 5.75 Å². The Morgan fingerprint density at radius 3 is 2.67 bits per heavy atom. The summed E-state index contributed by atoms with van der Waals surface area (Å²) in [7, 11) is 0. The van der Waals surface area contributed by atoms with Crippen molar-refractivity contribution >= 4 is 22.5 Å². The molecule has 0 fully saturated rings. The van der Waals surface area contributed by atoms with E-state index in [9.17, 15) is 5.11 Å². The molecule has 0 radical (unpaired) electrons. The van der Waals surface area contributed by atoms with E-state index in [1.54, 1.807) is 6.07 Å². The average molecular weight is 335 g/mol. The monoisotopic (exact) mass is 335 g/mol. The normalized spacial score (nSPS) is 11.8. The van der Waals surface area contributed by atoms with Crippen molar-refractivity contribution < 1.29 is 9.84 Å². The predicted octanol–water partition coefficient (Wildman–Crippen LogP) is 4.24. The van der Waals surface area contributed by atoms with Gasteiger partial charge < -0.3 is 9.84 Å². The molecule has 3 aromatic rings. The van der Waals surface area contributed by atoms with E-state index in [1.165, 1.54) is 17.1 Å². The molecule has 0 aromatic heterocycles. The van der Waals surface area contributed by atoms with Crippen molar-refractivity contribution in [3.8, 4) is 11.8 Å². The van der Waals surface area contributed by atoms with Crippen LogP contribution in [0.25, 0.3) is 10.8 Å². The van der Waals surface area contributed by atoms with E-state index in [0.717, 1.165) is 16.0 Å². The molecule has 120 valence electrons. The molecule has 1 unspecified atom stereocenters. The molecule has 24 heavy (non-hydrogen) atoms. The van der Waals surface area contributed by atoms with Gasteiger partial charge in [0.25, 0.3) is 0 Å². The molecule has 0 heterocycles. The van der Waals surface area contributed by atoms with Gasteiger partial charge in [0.15, 0.2) is 0 Å². The average Bonchev–Trinajstić information content (AvgIpc) is 2.64. The summed E-state index contributed by atoms with van der Waals surface area (Å²) in [4.78, 5) is 0.971. The summed E-state index contributed by atoms with van der Waals surface area (Å²) in [6.07, 6.45) is -0.577. The summed E-state index contributed by atoms with van der Waals surface area (Å²) >= 11 is 1.51. The summed E-state index contributed by atoms with van der Waals surface area (Å²) in [6, 6.07) is 23.5. The van der Waals surface area contributed by atoms with Crippen LogP contribution in [-0.4, -0.2) is 23.6 Å². The van der Waals surface area contributed by atoms with Gasteiger partial charge in [-0.1, -0.05) is 36.4 Å². The zero-order chi connectivity index (χ0) is 16.8. The lowest BCUT2D eigenvalue weighted by atomic mass is 10.1. The van der Waals surface area contributed by atoms with Crippen molar-refractivity contribution in [3.63, 3.8) is 0 Å². The molecule has 3 rings (SSSR count). The highest BCUT2D eigenvalue weighted by atomic mass is 32.2. The molecule has 3 aromatic carbocycles. The van der Waals surface area contributed by atoms with Gasteiger partial charge in [-0.25, -0.2) is 0 Å². The highest BCUT2D eigenvalue weighted by Gasteiger charge is 2.07. The van der Waals surface area contributed by atoms with Crippen molar-refractivity contribution in [2.75, 3.05) is 12.4 Å². The van der Waals surface area contributed by atoms with E-state index in [4.69, 9.17) is 10.00 Å². The molecule has 0 aliphatic carbocycles. The number of nitrogens with zero attached hydrogens (tertiary/aromatic N) is 1. The molecule has 0 saturated carbocycles. The number of hydrogen-bond donors (Lipinski definition) is 1. The number of ether oxygens (including phenoxy) is 1. The van der Waals surface area contributed by atoms with Crippen LogP contribution < -0.4 is 4.74 Å².